The SMILES string of the molecule is CC(C)CC(N)C(=O)NC(CC(N)=O)C(=O)NC(CC(C)C)C(=O)NC(CCC(=O)O)C(=O)O. The van der Waals surface area contributed by atoms with Gasteiger partial charge in [0.05, 0.1) is 12.5 Å². The fraction of sp³-hybridized carbons (Fsp3) is 0.714. The molecule has 34 heavy (non-hydrogen) atoms. The van der Waals surface area contributed by atoms with E-state index < -0.39 is 72.6 Å². The summed E-state index contributed by atoms with van der Waals surface area (Å²) >= 11 is 0. The highest BCUT2D eigenvalue weighted by molar-refractivity contribution is 5.96. The summed E-state index contributed by atoms with van der Waals surface area (Å²) in [5.74, 6) is -5.92. The molecular weight excluding hydrogens is 450 g/mol. The Balaban J connectivity index is 5.52. The molecule has 13 heteroatoms. The first kappa shape index (κ1) is 30.8. The maximum Gasteiger partial charge on any atom is 0.326 e. The number of rotatable bonds is 16. The van der Waals surface area contributed by atoms with Gasteiger partial charge in [0.1, 0.15) is 18.1 Å². The van der Waals surface area contributed by atoms with E-state index in [2.05, 4.69) is 16.0 Å². The van der Waals surface area contributed by atoms with Gasteiger partial charge in [-0.25, -0.2) is 4.79 Å². The summed E-state index contributed by atoms with van der Waals surface area (Å²) in [6, 6.07) is -5.02. The van der Waals surface area contributed by atoms with E-state index in [1.807, 2.05) is 13.8 Å². The van der Waals surface area contributed by atoms with E-state index in [9.17, 15) is 33.9 Å². The largest absolute Gasteiger partial charge is 0.481 e. The van der Waals surface area contributed by atoms with Gasteiger partial charge in [0, 0.05) is 6.42 Å². The van der Waals surface area contributed by atoms with E-state index in [1.165, 1.54) is 0 Å². The highest BCUT2D eigenvalue weighted by Gasteiger charge is 2.31. The third-order valence-corrected chi connectivity index (χ3v) is 4.70. The van der Waals surface area contributed by atoms with Crippen LogP contribution in [0.25, 0.3) is 0 Å². The van der Waals surface area contributed by atoms with Crippen molar-refractivity contribution in [3.05, 3.63) is 0 Å². The zero-order valence-corrected chi connectivity index (χ0v) is 20.0. The van der Waals surface area contributed by atoms with Crippen molar-refractivity contribution >= 4 is 35.6 Å². The summed E-state index contributed by atoms with van der Waals surface area (Å²) in [5.41, 5.74) is 11.0. The third kappa shape index (κ3) is 12.7. The molecule has 4 amide bonds. The van der Waals surface area contributed by atoms with Crippen LogP contribution in [-0.2, 0) is 28.8 Å². The van der Waals surface area contributed by atoms with Crippen LogP contribution in [0.15, 0.2) is 0 Å². The van der Waals surface area contributed by atoms with Crippen molar-refractivity contribution < 1.29 is 39.0 Å². The molecule has 0 radical (unpaired) electrons. The van der Waals surface area contributed by atoms with Crippen molar-refractivity contribution in [2.45, 2.75) is 84.0 Å². The lowest BCUT2D eigenvalue weighted by atomic mass is 10.0. The molecule has 0 bridgehead atoms. The fourth-order valence-electron chi connectivity index (χ4n) is 3.08. The highest BCUT2D eigenvalue weighted by Crippen LogP contribution is 2.09. The lowest BCUT2D eigenvalue weighted by molar-refractivity contribution is -0.143. The molecule has 0 aromatic rings. The quantitative estimate of drug-likeness (QED) is 0.137. The van der Waals surface area contributed by atoms with Crippen molar-refractivity contribution in [3.63, 3.8) is 0 Å². The second-order valence-electron chi connectivity index (χ2n) is 8.99. The van der Waals surface area contributed by atoms with Crippen LogP contribution < -0.4 is 27.4 Å². The van der Waals surface area contributed by atoms with Gasteiger partial charge < -0.3 is 37.6 Å². The molecule has 0 aliphatic rings. The van der Waals surface area contributed by atoms with Crippen LogP contribution in [0.2, 0.25) is 0 Å². The molecule has 194 valence electrons. The van der Waals surface area contributed by atoms with Crippen LogP contribution >= 0.6 is 0 Å². The number of carboxylic acid groups (broad SMARTS) is 2. The first-order chi connectivity index (χ1) is 15.6. The number of nitrogens with two attached hydrogens (primary N) is 2. The van der Waals surface area contributed by atoms with E-state index in [-0.39, 0.29) is 24.7 Å². The minimum atomic E-state index is -1.48. The van der Waals surface area contributed by atoms with Gasteiger partial charge >= 0.3 is 11.9 Å². The van der Waals surface area contributed by atoms with Crippen molar-refractivity contribution in [2.24, 2.45) is 23.3 Å². The summed E-state index contributed by atoms with van der Waals surface area (Å²) < 4.78 is 0. The van der Waals surface area contributed by atoms with Gasteiger partial charge in [-0.05, 0) is 31.1 Å². The number of aliphatic carboxylic acids is 2. The van der Waals surface area contributed by atoms with Crippen LogP contribution in [0.1, 0.15) is 59.8 Å². The number of hydrogen-bond donors (Lipinski definition) is 7. The van der Waals surface area contributed by atoms with Crippen LogP contribution in [0.5, 0.6) is 0 Å². The van der Waals surface area contributed by atoms with Gasteiger partial charge in [0.25, 0.3) is 0 Å². The summed E-state index contributed by atoms with van der Waals surface area (Å²) in [6.07, 6.45) is -0.942. The highest BCUT2D eigenvalue weighted by atomic mass is 16.4. The molecule has 0 aromatic carbocycles. The van der Waals surface area contributed by atoms with Crippen molar-refractivity contribution in [1.82, 2.24) is 16.0 Å². The molecule has 9 N–H and O–H groups in total. The molecule has 13 nitrogen and oxygen atoms in total. The maximum atomic E-state index is 12.8. The van der Waals surface area contributed by atoms with Crippen molar-refractivity contribution in [2.75, 3.05) is 0 Å². The fourth-order valence-corrected chi connectivity index (χ4v) is 3.08. The third-order valence-electron chi connectivity index (χ3n) is 4.70. The molecule has 0 aromatic heterocycles. The number of primary amides is 1. The first-order valence-corrected chi connectivity index (χ1v) is 11.0. The topological polar surface area (TPSA) is 231 Å². The number of carbonyl (C=O) groups excluding carboxylic acids is 4. The molecule has 0 aliphatic carbocycles. The maximum absolute atomic E-state index is 12.8. The predicted octanol–water partition coefficient (Wildman–Crippen LogP) is -1.31. The zero-order valence-electron chi connectivity index (χ0n) is 20.0. The van der Waals surface area contributed by atoms with E-state index in [1.54, 1.807) is 13.8 Å². The molecule has 0 spiro atoms. The molecule has 4 atom stereocenters. The van der Waals surface area contributed by atoms with Crippen LogP contribution in [-0.4, -0.2) is 69.9 Å². The molecule has 0 fully saturated rings. The molecule has 0 saturated heterocycles. The van der Waals surface area contributed by atoms with Gasteiger partial charge in [-0.3, -0.25) is 24.0 Å². The van der Waals surface area contributed by atoms with Gasteiger partial charge in [-0.2, -0.15) is 0 Å². The van der Waals surface area contributed by atoms with E-state index in [0.29, 0.717) is 6.42 Å². The van der Waals surface area contributed by atoms with E-state index in [0.717, 1.165) is 0 Å². The van der Waals surface area contributed by atoms with Crippen LogP contribution in [0.3, 0.4) is 0 Å². The van der Waals surface area contributed by atoms with Gasteiger partial charge in [0.15, 0.2) is 0 Å². The van der Waals surface area contributed by atoms with E-state index >= 15 is 0 Å². The summed E-state index contributed by atoms with van der Waals surface area (Å²) in [6.45, 7) is 7.24. The number of amides is 4. The molecule has 4 unspecified atom stereocenters. The Morgan fingerprint density at radius 2 is 1.21 bits per heavy atom. The van der Waals surface area contributed by atoms with E-state index in [4.69, 9.17) is 16.6 Å². The van der Waals surface area contributed by atoms with Crippen molar-refractivity contribution in [3.8, 4) is 0 Å². The number of nitrogens with one attached hydrogen (secondary N) is 3. The Bertz CT molecular complexity index is 755. The molecule has 0 aliphatic heterocycles. The normalized spacial score (nSPS) is 14.6. The first-order valence-electron chi connectivity index (χ1n) is 11.0. The Morgan fingerprint density at radius 1 is 0.735 bits per heavy atom. The van der Waals surface area contributed by atoms with Crippen LogP contribution in [0, 0.1) is 11.8 Å². The zero-order chi connectivity index (χ0) is 26.6. The molecule has 0 rings (SSSR count). The van der Waals surface area contributed by atoms with Gasteiger partial charge in [0.2, 0.25) is 23.6 Å². The summed E-state index contributed by atoms with van der Waals surface area (Å²) in [4.78, 5) is 71.5. The second-order valence-corrected chi connectivity index (χ2v) is 8.99. The number of carbonyl (C=O) groups is 6. The Kier molecular flexibility index (Phi) is 13.4. The monoisotopic (exact) mass is 487 g/mol. The average molecular weight is 488 g/mol. The van der Waals surface area contributed by atoms with Crippen LogP contribution in [0.4, 0.5) is 0 Å². The van der Waals surface area contributed by atoms with Crippen molar-refractivity contribution in [1.29, 1.82) is 0 Å². The Morgan fingerprint density at radius 3 is 1.65 bits per heavy atom. The minimum Gasteiger partial charge on any atom is -0.481 e. The van der Waals surface area contributed by atoms with Gasteiger partial charge in [-0.15, -0.1) is 0 Å². The summed E-state index contributed by atoms with van der Waals surface area (Å²) in [7, 11) is 0. The Labute approximate surface area is 198 Å². The Hall–Kier alpha value is -3.22. The number of hydrogen-bond acceptors (Lipinski definition) is 7. The standard InChI is InChI=1S/C21H37N5O8/c1-10(2)7-12(22)18(30)25-15(9-16(23)27)20(32)26-14(8-11(3)4)19(31)24-13(21(33)34)5-6-17(28)29/h10-15H,5-9,22H2,1-4H3,(H2,23,27)(H,24,31)(H,25,30)(H,26,32)(H,28,29)(H,33,34). The van der Waals surface area contributed by atoms with Gasteiger partial charge in [-0.1, -0.05) is 27.7 Å². The molecule has 0 saturated carbocycles. The lowest BCUT2D eigenvalue weighted by Gasteiger charge is -2.25. The minimum absolute atomic E-state index is 0.103. The number of carboxylic acids is 2. The predicted molar refractivity (Wildman–Crippen MR) is 121 cm³/mol. The lowest BCUT2D eigenvalue weighted by Crippen LogP contribution is -2.58. The molecule has 0 heterocycles. The molecular formula is C21H37N5O8. The average Bonchev–Trinajstić information content (AvgIpc) is 2.68. The second kappa shape index (κ2) is 14.8. The summed E-state index contributed by atoms with van der Waals surface area (Å²) in [5, 5.41) is 25.1. The smallest absolute Gasteiger partial charge is 0.326 e.